The van der Waals surface area contributed by atoms with Crippen molar-refractivity contribution in [3.63, 3.8) is 0 Å². The number of amides is 1. The number of aromatic nitrogens is 1. The standard InChI is InChI=1S/C21H21FN2O/c22-17-6-3-5-15(11-17)12-21(25)24-10-4-7-18(24)13-16-14-23-20-9-2-1-8-19(16)20/h1-3,5-6,8-9,11,14,18,23H,4,7,10,12-13H2. The molecule has 128 valence electrons. The number of hydrogen-bond donors (Lipinski definition) is 1. The van der Waals surface area contributed by atoms with E-state index >= 15 is 0 Å². The number of rotatable bonds is 4. The molecule has 3 aromatic rings. The van der Waals surface area contributed by atoms with Gasteiger partial charge in [-0.05, 0) is 48.6 Å². The summed E-state index contributed by atoms with van der Waals surface area (Å²) in [5, 5.41) is 1.23. The van der Waals surface area contributed by atoms with E-state index < -0.39 is 0 Å². The summed E-state index contributed by atoms with van der Waals surface area (Å²) < 4.78 is 13.3. The van der Waals surface area contributed by atoms with E-state index in [1.807, 2.05) is 23.1 Å². The highest BCUT2D eigenvalue weighted by Gasteiger charge is 2.29. The molecule has 0 radical (unpaired) electrons. The second-order valence-electron chi connectivity index (χ2n) is 6.75. The first kappa shape index (κ1) is 15.9. The lowest BCUT2D eigenvalue weighted by Gasteiger charge is -2.25. The first-order chi connectivity index (χ1) is 12.2. The maximum Gasteiger partial charge on any atom is 0.227 e. The van der Waals surface area contributed by atoms with Crippen molar-refractivity contribution in [2.45, 2.75) is 31.7 Å². The molecular weight excluding hydrogens is 315 g/mol. The summed E-state index contributed by atoms with van der Waals surface area (Å²) in [6.07, 6.45) is 5.23. The Morgan fingerprint density at radius 3 is 2.96 bits per heavy atom. The smallest absolute Gasteiger partial charge is 0.227 e. The molecule has 1 aromatic heterocycles. The van der Waals surface area contributed by atoms with Crippen molar-refractivity contribution in [1.82, 2.24) is 9.88 Å². The fourth-order valence-corrected chi connectivity index (χ4v) is 3.85. The lowest BCUT2D eigenvalue weighted by molar-refractivity contribution is -0.131. The average molecular weight is 336 g/mol. The summed E-state index contributed by atoms with van der Waals surface area (Å²) in [7, 11) is 0. The molecule has 1 N–H and O–H groups in total. The number of para-hydroxylation sites is 1. The van der Waals surface area contributed by atoms with Crippen molar-refractivity contribution in [3.05, 3.63) is 71.7 Å². The number of hydrogen-bond acceptors (Lipinski definition) is 1. The molecule has 1 fully saturated rings. The lowest BCUT2D eigenvalue weighted by Crippen LogP contribution is -2.37. The maximum absolute atomic E-state index is 13.3. The van der Waals surface area contributed by atoms with Gasteiger partial charge in [0.05, 0.1) is 6.42 Å². The zero-order chi connectivity index (χ0) is 17.2. The van der Waals surface area contributed by atoms with Gasteiger partial charge in [-0.3, -0.25) is 4.79 Å². The monoisotopic (exact) mass is 336 g/mol. The molecule has 4 rings (SSSR count). The molecule has 0 aliphatic carbocycles. The predicted octanol–water partition coefficient (Wildman–Crippen LogP) is 4.08. The van der Waals surface area contributed by atoms with Gasteiger partial charge >= 0.3 is 0 Å². The Balaban J connectivity index is 1.49. The largest absolute Gasteiger partial charge is 0.361 e. The van der Waals surface area contributed by atoms with E-state index in [1.54, 1.807) is 6.07 Å². The van der Waals surface area contributed by atoms with E-state index in [0.29, 0.717) is 0 Å². The highest BCUT2D eigenvalue weighted by Crippen LogP contribution is 2.26. The van der Waals surface area contributed by atoms with Crippen molar-refractivity contribution < 1.29 is 9.18 Å². The minimum absolute atomic E-state index is 0.0907. The SMILES string of the molecule is O=C(Cc1cccc(F)c1)N1CCCC1Cc1c[nH]c2ccccc12. The first-order valence-electron chi connectivity index (χ1n) is 8.79. The van der Waals surface area contributed by atoms with E-state index in [4.69, 9.17) is 0 Å². The van der Waals surface area contributed by atoms with Crippen LogP contribution in [0.5, 0.6) is 0 Å². The van der Waals surface area contributed by atoms with Gasteiger partial charge in [0.1, 0.15) is 5.82 Å². The molecular formula is C21H21FN2O. The molecule has 3 nitrogen and oxygen atoms in total. The van der Waals surface area contributed by atoms with Gasteiger partial charge in [-0.2, -0.15) is 0 Å². The summed E-state index contributed by atoms with van der Waals surface area (Å²) in [6.45, 7) is 0.793. The lowest BCUT2D eigenvalue weighted by atomic mass is 10.0. The van der Waals surface area contributed by atoms with Crippen LogP contribution in [0.1, 0.15) is 24.0 Å². The van der Waals surface area contributed by atoms with Gasteiger partial charge in [0.2, 0.25) is 5.91 Å². The third-order valence-electron chi connectivity index (χ3n) is 5.07. The molecule has 2 heterocycles. The van der Waals surface area contributed by atoms with E-state index in [2.05, 4.69) is 23.3 Å². The van der Waals surface area contributed by atoms with Gasteiger partial charge in [0.25, 0.3) is 0 Å². The van der Waals surface area contributed by atoms with Crippen molar-refractivity contribution in [3.8, 4) is 0 Å². The van der Waals surface area contributed by atoms with E-state index in [9.17, 15) is 9.18 Å². The topological polar surface area (TPSA) is 36.1 Å². The Morgan fingerprint density at radius 1 is 1.20 bits per heavy atom. The van der Waals surface area contributed by atoms with Gasteiger partial charge in [0, 0.05) is 29.7 Å². The van der Waals surface area contributed by atoms with Gasteiger partial charge in [-0.15, -0.1) is 0 Å². The van der Waals surface area contributed by atoms with Crippen LogP contribution in [0.2, 0.25) is 0 Å². The number of likely N-dealkylation sites (tertiary alicyclic amines) is 1. The molecule has 1 atom stereocenters. The van der Waals surface area contributed by atoms with Gasteiger partial charge in [0.15, 0.2) is 0 Å². The summed E-state index contributed by atoms with van der Waals surface area (Å²) in [6, 6.07) is 14.8. The summed E-state index contributed by atoms with van der Waals surface area (Å²) in [5.74, 6) is -0.199. The molecule has 4 heteroatoms. The van der Waals surface area contributed by atoms with Crippen LogP contribution >= 0.6 is 0 Å². The van der Waals surface area contributed by atoms with Gasteiger partial charge in [-0.25, -0.2) is 4.39 Å². The third kappa shape index (κ3) is 3.29. The number of nitrogens with zero attached hydrogens (tertiary/aromatic N) is 1. The number of benzene rings is 2. The van der Waals surface area contributed by atoms with Crippen LogP contribution in [-0.4, -0.2) is 28.4 Å². The van der Waals surface area contributed by atoms with Crippen LogP contribution in [0.4, 0.5) is 4.39 Å². The molecule has 1 amide bonds. The van der Waals surface area contributed by atoms with Crippen LogP contribution in [0, 0.1) is 5.82 Å². The molecule has 1 saturated heterocycles. The third-order valence-corrected chi connectivity index (χ3v) is 5.07. The van der Waals surface area contributed by atoms with Crippen molar-refractivity contribution in [2.75, 3.05) is 6.54 Å². The fraction of sp³-hybridized carbons (Fsp3) is 0.286. The van der Waals surface area contributed by atoms with Crippen LogP contribution < -0.4 is 0 Å². The number of carbonyl (C=O) groups is 1. The van der Waals surface area contributed by atoms with Crippen LogP contribution in [0.25, 0.3) is 10.9 Å². The second-order valence-corrected chi connectivity index (χ2v) is 6.75. The molecule has 0 spiro atoms. The summed E-state index contributed by atoms with van der Waals surface area (Å²) in [4.78, 5) is 18.0. The Bertz CT molecular complexity index is 902. The normalized spacial score (nSPS) is 17.3. The first-order valence-corrected chi connectivity index (χ1v) is 8.79. The van der Waals surface area contributed by atoms with Gasteiger partial charge in [-0.1, -0.05) is 30.3 Å². The highest BCUT2D eigenvalue weighted by molar-refractivity contribution is 5.83. The molecule has 0 saturated carbocycles. The van der Waals surface area contributed by atoms with Crippen molar-refractivity contribution >= 4 is 16.8 Å². The van der Waals surface area contributed by atoms with Crippen LogP contribution in [0.15, 0.2) is 54.7 Å². The predicted molar refractivity (Wildman–Crippen MR) is 96.8 cm³/mol. The van der Waals surface area contributed by atoms with Crippen molar-refractivity contribution in [1.29, 1.82) is 0 Å². The summed E-state index contributed by atoms with van der Waals surface area (Å²) in [5.41, 5.74) is 3.13. The van der Waals surface area contributed by atoms with E-state index in [-0.39, 0.29) is 24.2 Å². The van der Waals surface area contributed by atoms with Crippen molar-refractivity contribution in [2.24, 2.45) is 0 Å². The van der Waals surface area contributed by atoms with E-state index in [1.165, 1.54) is 23.1 Å². The Labute approximate surface area is 146 Å². The molecule has 1 aliphatic rings. The molecule has 0 bridgehead atoms. The quantitative estimate of drug-likeness (QED) is 0.765. The highest BCUT2D eigenvalue weighted by atomic mass is 19.1. The zero-order valence-electron chi connectivity index (χ0n) is 14.0. The fourth-order valence-electron chi connectivity index (χ4n) is 3.85. The molecule has 1 aliphatic heterocycles. The average Bonchev–Trinajstić information content (AvgIpc) is 3.23. The second kappa shape index (κ2) is 6.71. The molecule has 1 unspecified atom stereocenters. The number of halogens is 1. The van der Waals surface area contributed by atoms with E-state index in [0.717, 1.165) is 36.9 Å². The summed E-state index contributed by atoms with van der Waals surface area (Å²) >= 11 is 0. The van der Waals surface area contributed by atoms with Crippen LogP contribution in [-0.2, 0) is 17.6 Å². The number of aromatic amines is 1. The Kier molecular flexibility index (Phi) is 4.26. The van der Waals surface area contributed by atoms with Gasteiger partial charge < -0.3 is 9.88 Å². The van der Waals surface area contributed by atoms with Crippen LogP contribution in [0.3, 0.4) is 0 Å². The number of H-pyrrole nitrogens is 1. The maximum atomic E-state index is 13.3. The zero-order valence-corrected chi connectivity index (χ0v) is 14.0. The minimum atomic E-state index is -0.290. The number of carbonyl (C=O) groups excluding carboxylic acids is 1. The molecule has 25 heavy (non-hydrogen) atoms. The number of nitrogens with one attached hydrogen (secondary N) is 1. The minimum Gasteiger partial charge on any atom is -0.361 e. The Hall–Kier alpha value is -2.62. The Morgan fingerprint density at radius 2 is 2.08 bits per heavy atom. The molecule has 2 aromatic carbocycles. The number of fused-ring (bicyclic) bond motifs is 1.